The molecule has 2 nitrogen and oxygen atoms in total. The van der Waals surface area contributed by atoms with Crippen molar-refractivity contribution in [1.82, 2.24) is 9.88 Å². The normalized spacial score (nSPS) is 29.9. The fourth-order valence-electron chi connectivity index (χ4n) is 2.97. The molecule has 3 heteroatoms. The molecule has 2 unspecified atom stereocenters. The monoisotopic (exact) mass is 222 g/mol. The molecule has 1 aliphatic carbocycles. The molecule has 2 aliphatic rings. The molecule has 1 saturated heterocycles. The van der Waals surface area contributed by atoms with Crippen LogP contribution in [0.2, 0.25) is 5.15 Å². The fourth-order valence-corrected chi connectivity index (χ4v) is 3.15. The van der Waals surface area contributed by atoms with Gasteiger partial charge in [0.2, 0.25) is 0 Å². The average Bonchev–Trinajstić information content (AvgIpc) is 2.79. The summed E-state index contributed by atoms with van der Waals surface area (Å²) in [6, 6.07) is 6.70. The van der Waals surface area contributed by atoms with E-state index in [0.717, 1.165) is 24.2 Å². The summed E-state index contributed by atoms with van der Waals surface area (Å²) in [7, 11) is 0. The van der Waals surface area contributed by atoms with Crippen molar-refractivity contribution in [3.8, 4) is 0 Å². The van der Waals surface area contributed by atoms with Gasteiger partial charge in [-0.15, -0.1) is 0 Å². The van der Waals surface area contributed by atoms with E-state index in [0.29, 0.717) is 5.15 Å². The zero-order chi connectivity index (χ0) is 10.3. The first-order chi connectivity index (χ1) is 7.31. The number of rotatable bonds is 2. The lowest BCUT2D eigenvalue weighted by Crippen LogP contribution is -2.31. The molecule has 1 aromatic heterocycles. The van der Waals surface area contributed by atoms with Gasteiger partial charge in [-0.2, -0.15) is 0 Å². The van der Waals surface area contributed by atoms with E-state index < -0.39 is 0 Å². The van der Waals surface area contributed by atoms with Crippen molar-refractivity contribution >= 4 is 11.6 Å². The second-order valence-electron chi connectivity index (χ2n) is 4.71. The molecule has 0 aromatic carbocycles. The number of piperidine rings is 1. The molecular formula is C12H15ClN2. The van der Waals surface area contributed by atoms with Gasteiger partial charge in [0.25, 0.3) is 0 Å². The Kier molecular flexibility index (Phi) is 2.41. The number of nitrogens with zero attached hydrogens (tertiary/aromatic N) is 2. The lowest BCUT2D eigenvalue weighted by Gasteiger charge is -2.26. The highest BCUT2D eigenvalue weighted by atomic mass is 35.5. The summed E-state index contributed by atoms with van der Waals surface area (Å²) in [6.07, 6.45) is 4.22. The molecule has 0 N–H and O–H groups in total. The SMILES string of the molecule is Clc1cccc(CN2CC3CCC2C3)n1. The Labute approximate surface area is 95.3 Å². The Morgan fingerprint density at radius 1 is 1.40 bits per heavy atom. The van der Waals surface area contributed by atoms with E-state index in [4.69, 9.17) is 11.6 Å². The molecule has 1 aromatic rings. The number of likely N-dealkylation sites (tertiary alicyclic amines) is 1. The van der Waals surface area contributed by atoms with Gasteiger partial charge in [-0.3, -0.25) is 4.90 Å². The first-order valence-corrected chi connectivity index (χ1v) is 6.04. The van der Waals surface area contributed by atoms with Gasteiger partial charge in [-0.05, 0) is 37.3 Å². The molecule has 2 atom stereocenters. The standard InChI is InChI=1S/C12H15ClN2/c13-12-3-1-2-10(14-12)8-15-7-9-4-5-11(15)6-9/h1-3,9,11H,4-8H2. The van der Waals surface area contributed by atoms with Crippen LogP contribution in [0.5, 0.6) is 0 Å². The Morgan fingerprint density at radius 3 is 3.00 bits per heavy atom. The summed E-state index contributed by atoms with van der Waals surface area (Å²) in [6.45, 7) is 2.24. The van der Waals surface area contributed by atoms with Crippen molar-refractivity contribution in [2.75, 3.05) is 6.54 Å². The van der Waals surface area contributed by atoms with Crippen LogP contribution in [0.4, 0.5) is 0 Å². The quantitative estimate of drug-likeness (QED) is 0.716. The highest BCUT2D eigenvalue weighted by Crippen LogP contribution is 2.37. The number of halogens is 1. The Bertz CT molecular complexity index is 366. The number of pyridine rings is 1. The highest BCUT2D eigenvalue weighted by molar-refractivity contribution is 6.29. The van der Waals surface area contributed by atoms with Gasteiger partial charge in [0, 0.05) is 19.1 Å². The van der Waals surface area contributed by atoms with Crippen LogP contribution in [0, 0.1) is 5.92 Å². The molecule has 15 heavy (non-hydrogen) atoms. The largest absolute Gasteiger partial charge is 0.294 e. The average molecular weight is 223 g/mol. The number of hydrogen-bond donors (Lipinski definition) is 0. The third kappa shape index (κ3) is 1.88. The molecule has 0 spiro atoms. The molecule has 0 amide bonds. The summed E-state index contributed by atoms with van der Waals surface area (Å²) in [4.78, 5) is 6.91. The van der Waals surface area contributed by atoms with E-state index in [9.17, 15) is 0 Å². The molecule has 3 rings (SSSR count). The van der Waals surface area contributed by atoms with Crippen molar-refractivity contribution in [2.45, 2.75) is 31.8 Å². The molecule has 0 radical (unpaired) electrons. The lowest BCUT2D eigenvalue weighted by atomic mass is 10.1. The fraction of sp³-hybridized carbons (Fsp3) is 0.583. The molecule has 80 valence electrons. The second kappa shape index (κ2) is 3.76. The summed E-state index contributed by atoms with van der Waals surface area (Å²) >= 11 is 5.88. The van der Waals surface area contributed by atoms with Crippen LogP contribution in [-0.2, 0) is 6.54 Å². The molecular weight excluding hydrogens is 208 g/mol. The highest BCUT2D eigenvalue weighted by Gasteiger charge is 2.37. The van der Waals surface area contributed by atoms with Gasteiger partial charge >= 0.3 is 0 Å². The maximum Gasteiger partial charge on any atom is 0.129 e. The van der Waals surface area contributed by atoms with Gasteiger partial charge in [0.05, 0.1) is 5.69 Å². The van der Waals surface area contributed by atoms with Crippen LogP contribution < -0.4 is 0 Å². The topological polar surface area (TPSA) is 16.1 Å². The van der Waals surface area contributed by atoms with E-state index in [1.165, 1.54) is 25.8 Å². The van der Waals surface area contributed by atoms with Gasteiger partial charge < -0.3 is 0 Å². The zero-order valence-corrected chi connectivity index (χ0v) is 9.45. The third-order valence-corrected chi connectivity index (χ3v) is 3.87. The minimum atomic E-state index is 0.608. The van der Waals surface area contributed by atoms with Crippen molar-refractivity contribution in [3.05, 3.63) is 29.0 Å². The van der Waals surface area contributed by atoms with Crippen LogP contribution in [0.3, 0.4) is 0 Å². The number of aromatic nitrogens is 1. The second-order valence-corrected chi connectivity index (χ2v) is 5.10. The van der Waals surface area contributed by atoms with Crippen LogP contribution in [0.1, 0.15) is 25.0 Å². The number of fused-ring (bicyclic) bond motifs is 2. The van der Waals surface area contributed by atoms with E-state index in [1.54, 1.807) is 0 Å². The lowest BCUT2D eigenvalue weighted by molar-refractivity contribution is 0.203. The molecule has 1 aliphatic heterocycles. The van der Waals surface area contributed by atoms with Gasteiger partial charge in [0.1, 0.15) is 5.15 Å². The Balaban J connectivity index is 1.71. The van der Waals surface area contributed by atoms with Gasteiger partial charge in [-0.25, -0.2) is 4.98 Å². The molecule has 1 saturated carbocycles. The molecule has 2 fully saturated rings. The van der Waals surface area contributed by atoms with Crippen molar-refractivity contribution < 1.29 is 0 Å². The van der Waals surface area contributed by atoms with Crippen LogP contribution in [0.25, 0.3) is 0 Å². The summed E-state index contributed by atoms with van der Waals surface area (Å²) < 4.78 is 0. The zero-order valence-electron chi connectivity index (χ0n) is 8.69. The van der Waals surface area contributed by atoms with Gasteiger partial charge in [-0.1, -0.05) is 17.7 Å². The Morgan fingerprint density at radius 2 is 2.33 bits per heavy atom. The first-order valence-electron chi connectivity index (χ1n) is 5.67. The van der Waals surface area contributed by atoms with Crippen LogP contribution in [-0.4, -0.2) is 22.5 Å². The maximum absolute atomic E-state index is 5.88. The minimum absolute atomic E-state index is 0.608. The smallest absolute Gasteiger partial charge is 0.129 e. The van der Waals surface area contributed by atoms with Crippen LogP contribution >= 0.6 is 11.6 Å². The van der Waals surface area contributed by atoms with Gasteiger partial charge in [0.15, 0.2) is 0 Å². The van der Waals surface area contributed by atoms with E-state index in [-0.39, 0.29) is 0 Å². The van der Waals surface area contributed by atoms with Crippen molar-refractivity contribution in [3.63, 3.8) is 0 Å². The van der Waals surface area contributed by atoms with Crippen molar-refractivity contribution in [2.24, 2.45) is 5.92 Å². The third-order valence-electron chi connectivity index (χ3n) is 3.66. The summed E-state index contributed by atoms with van der Waals surface area (Å²) in [5.74, 6) is 0.953. The van der Waals surface area contributed by atoms with E-state index in [2.05, 4.69) is 16.0 Å². The minimum Gasteiger partial charge on any atom is -0.294 e. The first kappa shape index (κ1) is 9.61. The Hall–Kier alpha value is -0.600. The number of hydrogen-bond acceptors (Lipinski definition) is 2. The van der Waals surface area contributed by atoms with Crippen LogP contribution in [0.15, 0.2) is 18.2 Å². The maximum atomic E-state index is 5.88. The van der Waals surface area contributed by atoms with E-state index in [1.807, 2.05) is 12.1 Å². The summed E-state index contributed by atoms with van der Waals surface area (Å²) in [5, 5.41) is 0.608. The predicted molar refractivity (Wildman–Crippen MR) is 60.8 cm³/mol. The predicted octanol–water partition coefficient (Wildman–Crippen LogP) is 2.72. The van der Waals surface area contributed by atoms with Crippen molar-refractivity contribution in [1.29, 1.82) is 0 Å². The summed E-state index contributed by atoms with van der Waals surface area (Å²) in [5.41, 5.74) is 1.11. The molecule has 2 bridgehead atoms. The molecule has 2 heterocycles. The van der Waals surface area contributed by atoms with E-state index >= 15 is 0 Å².